The molecule has 0 spiro atoms. The molecular formula is C13H26FO3P. The first-order valence-corrected chi connectivity index (χ1v) is 8.41. The SMILES string of the molecule is CCCCCC/C=C/C(F)P(=O)(OCC)OCC. The standard InChI is InChI=1S/C13H26FO3P/c1-4-7-8-9-10-11-12-13(14)18(15,16-5-2)17-6-3/h11-13H,4-10H2,1-3H3/b12-11+. The molecule has 1 unspecified atom stereocenters. The highest BCUT2D eigenvalue weighted by molar-refractivity contribution is 7.54. The van der Waals surface area contributed by atoms with E-state index in [0.29, 0.717) is 0 Å². The van der Waals surface area contributed by atoms with Crippen molar-refractivity contribution in [1.29, 1.82) is 0 Å². The van der Waals surface area contributed by atoms with Crippen molar-refractivity contribution in [2.45, 2.75) is 58.8 Å². The van der Waals surface area contributed by atoms with E-state index in [-0.39, 0.29) is 13.2 Å². The Bertz CT molecular complexity index is 259. The van der Waals surface area contributed by atoms with E-state index in [9.17, 15) is 8.96 Å². The third-order valence-electron chi connectivity index (χ3n) is 2.44. The molecule has 0 aliphatic carbocycles. The van der Waals surface area contributed by atoms with Gasteiger partial charge in [0.05, 0.1) is 13.2 Å². The zero-order chi connectivity index (χ0) is 13.9. The van der Waals surface area contributed by atoms with Crippen molar-refractivity contribution < 1.29 is 18.0 Å². The summed E-state index contributed by atoms with van der Waals surface area (Å²) in [4.78, 5) is 0. The quantitative estimate of drug-likeness (QED) is 0.301. The second-order valence-corrected chi connectivity index (χ2v) is 6.11. The van der Waals surface area contributed by atoms with Crippen molar-refractivity contribution >= 4 is 7.60 Å². The van der Waals surface area contributed by atoms with Gasteiger partial charge in [0.1, 0.15) is 0 Å². The molecule has 0 aliphatic rings. The third kappa shape index (κ3) is 7.30. The van der Waals surface area contributed by atoms with E-state index in [2.05, 4.69) is 6.92 Å². The van der Waals surface area contributed by atoms with Crippen LogP contribution in [0.15, 0.2) is 12.2 Å². The summed E-state index contributed by atoms with van der Waals surface area (Å²) in [5, 5.41) is 0. The molecule has 0 saturated carbocycles. The Morgan fingerprint density at radius 3 is 2.22 bits per heavy atom. The first-order chi connectivity index (χ1) is 8.60. The van der Waals surface area contributed by atoms with Gasteiger partial charge in [0, 0.05) is 0 Å². The molecule has 0 aromatic heterocycles. The highest BCUT2D eigenvalue weighted by Gasteiger charge is 2.33. The number of hydrogen-bond acceptors (Lipinski definition) is 3. The Morgan fingerprint density at radius 1 is 1.11 bits per heavy atom. The van der Waals surface area contributed by atoms with Gasteiger partial charge in [-0.1, -0.05) is 32.3 Å². The van der Waals surface area contributed by atoms with Crippen LogP contribution in [0.2, 0.25) is 0 Å². The minimum absolute atomic E-state index is 0.183. The van der Waals surface area contributed by atoms with E-state index in [1.807, 2.05) is 0 Å². The van der Waals surface area contributed by atoms with Crippen molar-refractivity contribution in [3.8, 4) is 0 Å². The largest absolute Gasteiger partial charge is 0.368 e. The number of unbranched alkanes of at least 4 members (excludes halogenated alkanes) is 4. The molecule has 0 saturated heterocycles. The van der Waals surface area contributed by atoms with Crippen LogP contribution in [0.4, 0.5) is 4.39 Å². The van der Waals surface area contributed by atoms with Gasteiger partial charge in [0.25, 0.3) is 0 Å². The molecule has 108 valence electrons. The third-order valence-corrected chi connectivity index (χ3v) is 4.45. The van der Waals surface area contributed by atoms with Gasteiger partial charge in [0.2, 0.25) is 5.91 Å². The van der Waals surface area contributed by atoms with Gasteiger partial charge >= 0.3 is 7.60 Å². The van der Waals surface area contributed by atoms with E-state index >= 15 is 0 Å². The Balaban J connectivity index is 4.12. The second-order valence-electron chi connectivity index (χ2n) is 4.03. The van der Waals surface area contributed by atoms with Crippen molar-refractivity contribution in [1.82, 2.24) is 0 Å². The van der Waals surface area contributed by atoms with Gasteiger partial charge in [-0.15, -0.1) is 0 Å². The lowest BCUT2D eigenvalue weighted by Gasteiger charge is -2.18. The minimum Gasteiger partial charge on any atom is -0.307 e. The summed E-state index contributed by atoms with van der Waals surface area (Å²) >= 11 is 0. The maximum absolute atomic E-state index is 13.8. The van der Waals surface area contributed by atoms with Gasteiger partial charge in [-0.2, -0.15) is 0 Å². The van der Waals surface area contributed by atoms with Gasteiger partial charge in [-0.05, 0) is 32.8 Å². The Labute approximate surface area is 110 Å². The fourth-order valence-electron chi connectivity index (χ4n) is 1.54. The molecule has 18 heavy (non-hydrogen) atoms. The summed E-state index contributed by atoms with van der Waals surface area (Å²) < 4.78 is 35.7. The molecule has 0 fully saturated rings. The summed E-state index contributed by atoms with van der Waals surface area (Å²) in [6, 6.07) is 0. The molecule has 0 heterocycles. The average molecular weight is 280 g/mol. The van der Waals surface area contributed by atoms with Crippen molar-refractivity contribution in [3.63, 3.8) is 0 Å². The monoisotopic (exact) mass is 280 g/mol. The molecule has 0 aromatic rings. The average Bonchev–Trinajstić information content (AvgIpc) is 2.34. The van der Waals surface area contributed by atoms with E-state index in [4.69, 9.17) is 9.05 Å². The van der Waals surface area contributed by atoms with Gasteiger partial charge < -0.3 is 9.05 Å². The van der Waals surface area contributed by atoms with E-state index in [1.165, 1.54) is 18.9 Å². The zero-order valence-corrected chi connectivity index (χ0v) is 12.6. The van der Waals surface area contributed by atoms with Crippen LogP contribution in [-0.2, 0) is 13.6 Å². The molecule has 0 aromatic carbocycles. The molecule has 0 N–H and O–H groups in total. The Hall–Kier alpha value is -0.180. The molecule has 0 amide bonds. The van der Waals surface area contributed by atoms with Crippen LogP contribution in [0.25, 0.3) is 0 Å². The highest BCUT2D eigenvalue weighted by atomic mass is 31.2. The molecule has 0 rings (SSSR count). The first kappa shape index (κ1) is 17.8. The zero-order valence-electron chi connectivity index (χ0n) is 11.7. The van der Waals surface area contributed by atoms with Crippen LogP contribution in [0.5, 0.6) is 0 Å². The van der Waals surface area contributed by atoms with Crippen LogP contribution in [-0.4, -0.2) is 19.1 Å². The van der Waals surface area contributed by atoms with Gasteiger partial charge in [-0.3, -0.25) is 4.57 Å². The first-order valence-electron chi connectivity index (χ1n) is 6.80. The number of alkyl halides is 1. The number of allylic oxidation sites excluding steroid dienone is 2. The maximum atomic E-state index is 13.8. The normalized spacial score (nSPS) is 14.2. The Morgan fingerprint density at radius 2 is 1.72 bits per heavy atom. The molecule has 5 heteroatoms. The summed E-state index contributed by atoms with van der Waals surface area (Å²) in [5.41, 5.74) is 0. The summed E-state index contributed by atoms with van der Waals surface area (Å²) in [5.74, 6) is -1.66. The minimum atomic E-state index is -3.63. The van der Waals surface area contributed by atoms with Crippen LogP contribution in [0, 0.1) is 0 Å². The summed E-state index contributed by atoms with van der Waals surface area (Å²) in [7, 11) is -3.63. The molecule has 0 radical (unpaired) electrons. The molecule has 0 bridgehead atoms. The van der Waals surface area contributed by atoms with Crippen molar-refractivity contribution in [2.24, 2.45) is 0 Å². The molecule has 3 nitrogen and oxygen atoms in total. The van der Waals surface area contributed by atoms with Crippen LogP contribution < -0.4 is 0 Å². The fourth-order valence-corrected chi connectivity index (χ4v) is 2.95. The topological polar surface area (TPSA) is 35.5 Å². The summed E-state index contributed by atoms with van der Waals surface area (Å²) in [6.45, 7) is 5.86. The second kappa shape index (κ2) is 10.7. The fraction of sp³-hybridized carbons (Fsp3) is 0.846. The molecule has 1 atom stereocenters. The number of rotatable bonds is 11. The maximum Gasteiger partial charge on any atom is 0.368 e. The van der Waals surface area contributed by atoms with Crippen molar-refractivity contribution in [3.05, 3.63) is 12.2 Å². The van der Waals surface area contributed by atoms with Gasteiger partial charge in [0.15, 0.2) is 0 Å². The van der Waals surface area contributed by atoms with E-state index in [1.54, 1.807) is 19.9 Å². The van der Waals surface area contributed by atoms with Gasteiger partial charge in [-0.25, -0.2) is 4.39 Å². The van der Waals surface area contributed by atoms with Crippen LogP contribution in [0.3, 0.4) is 0 Å². The van der Waals surface area contributed by atoms with Crippen LogP contribution >= 0.6 is 7.60 Å². The molecular weight excluding hydrogens is 254 g/mol. The summed E-state index contributed by atoms with van der Waals surface area (Å²) in [6.07, 6.45) is 8.39. The number of hydrogen-bond donors (Lipinski definition) is 0. The molecule has 0 aliphatic heterocycles. The predicted octanol–water partition coefficient (Wildman–Crippen LogP) is 5.07. The van der Waals surface area contributed by atoms with Crippen molar-refractivity contribution in [2.75, 3.05) is 13.2 Å². The lowest BCUT2D eigenvalue weighted by atomic mass is 10.1. The predicted molar refractivity (Wildman–Crippen MR) is 73.7 cm³/mol. The lowest BCUT2D eigenvalue weighted by Crippen LogP contribution is -2.05. The van der Waals surface area contributed by atoms with E-state index < -0.39 is 13.5 Å². The smallest absolute Gasteiger partial charge is 0.307 e. The van der Waals surface area contributed by atoms with Crippen LogP contribution in [0.1, 0.15) is 52.9 Å². The number of halogens is 1. The Kier molecular flexibility index (Phi) is 10.6. The van der Waals surface area contributed by atoms with E-state index in [0.717, 1.165) is 19.3 Å². The lowest BCUT2D eigenvalue weighted by molar-refractivity contribution is 0.199. The highest BCUT2D eigenvalue weighted by Crippen LogP contribution is 2.54.